The Bertz CT molecular complexity index is 590. The average Bonchev–Trinajstić information content (AvgIpc) is 2.71. The highest BCUT2D eigenvalue weighted by molar-refractivity contribution is 7.89. The van der Waals surface area contributed by atoms with Crippen molar-refractivity contribution in [2.45, 2.75) is 48.8 Å². The Labute approximate surface area is 124 Å². The first kappa shape index (κ1) is 14.3. The number of benzene rings is 1. The molecular formula is C14H18ClNO3S. The first-order chi connectivity index (χ1) is 9.52. The number of hydrogen-bond donors (Lipinski definition) is 0. The van der Waals surface area contributed by atoms with Gasteiger partial charge in [-0.2, -0.15) is 4.31 Å². The third-order valence-corrected chi connectivity index (χ3v) is 6.56. The van der Waals surface area contributed by atoms with Gasteiger partial charge >= 0.3 is 0 Å². The molecule has 2 fully saturated rings. The van der Waals surface area contributed by atoms with Crippen molar-refractivity contribution in [1.82, 2.24) is 4.31 Å². The fourth-order valence-corrected chi connectivity index (χ4v) is 5.61. The summed E-state index contributed by atoms with van der Waals surface area (Å²) in [6.07, 6.45) is 3.59. The second-order valence-electron chi connectivity index (χ2n) is 5.51. The minimum Gasteiger partial charge on any atom is -0.381 e. The third-order valence-electron chi connectivity index (χ3n) is 4.33. The zero-order chi connectivity index (χ0) is 14.3. The third kappa shape index (κ3) is 2.37. The molecule has 110 valence electrons. The SMILES string of the molecule is COC1CC2CCC(C1)N2S(=O)(=O)c1cccc(Cl)c1. The van der Waals surface area contributed by atoms with E-state index in [1.807, 2.05) is 0 Å². The lowest BCUT2D eigenvalue weighted by atomic mass is 10.0. The number of halogens is 1. The van der Waals surface area contributed by atoms with Crippen molar-refractivity contribution in [3.05, 3.63) is 29.3 Å². The Morgan fingerprint density at radius 3 is 2.45 bits per heavy atom. The molecule has 4 nitrogen and oxygen atoms in total. The summed E-state index contributed by atoms with van der Waals surface area (Å²) in [5, 5.41) is 0.449. The molecule has 2 aliphatic heterocycles. The number of piperidine rings is 1. The van der Waals surface area contributed by atoms with Crippen LogP contribution in [0.1, 0.15) is 25.7 Å². The molecule has 2 unspecified atom stereocenters. The van der Waals surface area contributed by atoms with E-state index in [9.17, 15) is 8.42 Å². The average molecular weight is 316 g/mol. The zero-order valence-corrected chi connectivity index (χ0v) is 12.9. The largest absolute Gasteiger partial charge is 0.381 e. The fraction of sp³-hybridized carbons (Fsp3) is 0.571. The minimum atomic E-state index is -3.46. The molecule has 0 N–H and O–H groups in total. The van der Waals surface area contributed by atoms with Crippen molar-refractivity contribution in [2.24, 2.45) is 0 Å². The van der Waals surface area contributed by atoms with E-state index < -0.39 is 10.0 Å². The van der Waals surface area contributed by atoms with Gasteiger partial charge in [-0.05, 0) is 43.9 Å². The van der Waals surface area contributed by atoms with Gasteiger partial charge in [-0.25, -0.2) is 8.42 Å². The van der Waals surface area contributed by atoms with Crippen molar-refractivity contribution < 1.29 is 13.2 Å². The summed E-state index contributed by atoms with van der Waals surface area (Å²) in [6.45, 7) is 0. The van der Waals surface area contributed by atoms with E-state index in [2.05, 4.69) is 0 Å². The lowest BCUT2D eigenvalue weighted by molar-refractivity contribution is 0.0349. The Hall–Kier alpha value is -0.620. The number of sulfonamides is 1. The normalized spacial score (nSPS) is 30.6. The molecule has 3 rings (SSSR count). The summed E-state index contributed by atoms with van der Waals surface area (Å²) in [6, 6.07) is 6.62. The maximum absolute atomic E-state index is 12.8. The summed E-state index contributed by atoms with van der Waals surface area (Å²) < 4.78 is 32.7. The molecule has 0 radical (unpaired) electrons. The number of ether oxygens (including phenoxy) is 1. The molecule has 20 heavy (non-hydrogen) atoms. The minimum absolute atomic E-state index is 0.0580. The van der Waals surface area contributed by atoms with Crippen LogP contribution in [0.5, 0.6) is 0 Å². The quantitative estimate of drug-likeness (QED) is 0.861. The van der Waals surface area contributed by atoms with Crippen LogP contribution >= 0.6 is 11.6 Å². The van der Waals surface area contributed by atoms with Gasteiger partial charge in [0.1, 0.15) is 0 Å². The topological polar surface area (TPSA) is 46.6 Å². The molecule has 0 amide bonds. The van der Waals surface area contributed by atoms with Crippen LogP contribution in [0.25, 0.3) is 0 Å². The summed E-state index contributed by atoms with van der Waals surface area (Å²) in [4.78, 5) is 0.290. The van der Waals surface area contributed by atoms with Gasteiger partial charge in [-0.1, -0.05) is 17.7 Å². The molecule has 1 aromatic carbocycles. The van der Waals surface area contributed by atoms with Gasteiger partial charge in [0.15, 0.2) is 0 Å². The molecule has 2 atom stereocenters. The second-order valence-corrected chi connectivity index (χ2v) is 7.79. The van der Waals surface area contributed by atoms with Gasteiger partial charge < -0.3 is 4.74 Å². The first-order valence-corrected chi connectivity index (χ1v) is 8.66. The van der Waals surface area contributed by atoms with E-state index in [4.69, 9.17) is 16.3 Å². The molecule has 0 spiro atoms. The Kier molecular flexibility index (Phi) is 3.79. The molecule has 2 aliphatic rings. The van der Waals surface area contributed by atoms with Crippen molar-refractivity contribution in [2.75, 3.05) is 7.11 Å². The van der Waals surface area contributed by atoms with Gasteiger partial charge in [-0.3, -0.25) is 0 Å². The number of fused-ring (bicyclic) bond motifs is 2. The monoisotopic (exact) mass is 315 g/mol. The summed E-state index contributed by atoms with van der Waals surface area (Å²) in [5.74, 6) is 0. The van der Waals surface area contributed by atoms with E-state index in [1.165, 1.54) is 6.07 Å². The smallest absolute Gasteiger partial charge is 0.243 e. The number of nitrogens with zero attached hydrogens (tertiary/aromatic N) is 1. The second kappa shape index (κ2) is 5.30. The lowest BCUT2D eigenvalue weighted by Gasteiger charge is -2.37. The van der Waals surface area contributed by atoms with Crippen molar-refractivity contribution in [1.29, 1.82) is 0 Å². The van der Waals surface area contributed by atoms with Crippen LogP contribution in [0.4, 0.5) is 0 Å². The molecule has 0 aromatic heterocycles. The van der Waals surface area contributed by atoms with Gasteiger partial charge in [0.2, 0.25) is 10.0 Å². The molecule has 0 aliphatic carbocycles. The Balaban J connectivity index is 1.93. The Morgan fingerprint density at radius 2 is 1.90 bits per heavy atom. The van der Waals surface area contributed by atoms with Gasteiger partial charge in [-0.15, -0.1) is 0 Å². The number of hydrogen-bond acceptors (Lipinski definition) is 3. The van der Waals surface area contributed by atoms with Crippen LogP contribution in [0.2, 0.25) is 5.02 Å². The van der Waals surface area contributed by atoms with Gasteiger partial charge in [0.25, 0.3) is 0 Å². The van der Waals surface area contributed by atoms with Crippen LogP contribution in [0.3, 0.4) is 0 Å². The molecular weight excluding hydrogens is 298 g/mol. The molecule has 2 heterocycles. The molecule has 6 heteroatoms. The highest BCUT2D eigenvalue weighted by Crippen LogP contribution is 2.40. The van der Waals surface area contributed by atoms with E-state index in [0.717, 1.165) is 25.7 Å². The highest BCUT2D eigenvalue weighted by Gasteiger charge is 2.47. The van der Waals surface area contributed by atoms with Crippen LogP contribution in [-0.4, -0.2) is 38.0 Å². The standard InChI is InChI=1S/C14H18ClNO3S/c1-19-13-8-11-5-6-12(9-13)16(11)20(17,18)14-4-2-3-10(15)7-14/h2-4,7,11-13H,5-6,8-9H2,1H3. The van der Waals surface area contributed by atoms with Crippen LogP contribution in [-0.2, 0) is 14.8 Å². The predicted molar refractivity (Wildman–Crippen MR) is 77.3 cm³/mol. The van der Waals surface area contributed by atoms with E-state index in [0.29, 0.717) is 5.02 Å². The fourth-order valence-electron chi connectivity index (χ4n) is 3.42. The maximum Gasteiger partial charge on any atom is 0.243 e. The van der Waals surface area contributed by atoms with Crippen molar-refractivity contribution in [3.8, 4) is 0 Å². The maximum atomic E-state index is 12.8. The molecule has 2 bridgehead atoms. The number of rotatable bonds is 3. The summed E-state index contributed by atoms with van der Waals surface area (Å²) in [5.41, 5.74) is 0. The Morgan fingerprint density at radius 1 is 1.25 bits per heavy atom. The summed E-state index contributed by atoms with van der Waals surface area (Å²) >= 11 is 5.92. The molecule has 1 aromatic rings. The first-order valence-electron chi connectivity index (χ1n) is 6.84. The molecule has 2 saturated heterocycles. The van der Waals surface area contributed by atoms with E-state index >= 15 is 0 Å². The van der Waals surface area contributed by atoms with Crippen LogP contribution < -0.4 is 0 Å². The van der Waals surface area contributed by atoms with Crippen LogP contribution in [0, 0.1) is 0 Å². The lowest BCUT2D eigenvalue weighted by Crippen LogP contribution is -2.48. The van der Waals surface area contributed by atoms with Crippen molar-refractivity contribution in [3.63, 3.8) is 0 Å². The van der Waals surface area contributed by atoms with Gasteiger partial charge in [0.05, 0.1) is 11.0 Å². The van der Waals surface area contributed by atoms with E-state index in [1.54, 1.807) is 29.6 Å². The zero-order valence-electron chi connectivity index (χ0n) is 11.3. The number of methoxy groups -OCH3 is 1. The van der Waals surface area contributed by atoms with Crippen LogP contribution in [0.15, 0.2) is 29.2 Å². The van der Waals surface area contributed by atoms with E-state index in [-0.39, 0.29) is 23.1 Å². The predicted octanol–water partition coefficient (Wildman–Crippen LogP) is 2.67. The molecule has 0 saturated carbocycles. The van der Waals surface area contributed by atoms with Gasteiger partial charge in [0, 0.05) is 24.2 Å². The highest BCUT2D eigenvalue weighted by atomic mass is 35.5. The summed E-state index contributed by atoms with van der Waals surface area (Å²) in [7, 11) is -1.76. The van der Waals surface area contributed by atoms with Crippen molar-refractivity contribution >= 4 is 21.6 Å².